The molecule has 1 N–H and O–H groups in total. The van der Waals surface area contributed by atoms with Crippen molar-refractivity contribution in [2.75, 3.05) is 19.6 Å². The molecule has 1 atom stereocenters. The number of thiazole rings is 1. The van der Waals surface area contributed by atoms with Crippen molar-refractivity contribution in [3.05, 3.63) is 48.4 Å². The van der Waals surface area contributed by atoms with E-state index in [9.17, 15) is 0 Å². The third-order valence-electron chi connectivity index (χ3n) is 6.19. The van der Waals surface area contributed by atoms with Gasteiger partial charge in [0.2, 0.25) is 0 Å². The molecule has 0 spiro atoms. The summed E-state index contributed by atoms with van der Waals surface area (Å²) in [7, 11) is 0. The van der Waals surface area contributed by atoms with Gasteiger partial charge in [-0.05, 0) is 56.1 Å². The molecule has 7 rings (SSSR count). The monoisotopic (exact) mass is 406 g/mol. The van der Waals surface area contributed by atoms with Gasteiger partial charge in [-0.3, -0.25) is 0 Å². The third kappa shape index (κ3) is 3.29. The molecule has 2 bridgehead atoms. The summed E-state index contributed by atoms with van der Waals surface area (Å²) >= 11 is 1.49. The molecule has 7 heteroatoms. The standard InChI is InChI=1S/C22H22N4O2S/c1-2-20-21(23-7-1)25-22(29-20)28-16-3-4-17-15(13-27-19(17)10-16)11-24-18-12-26-8-5-14(18)6-9-26/h1-4,7,10,13-14,18,24H,5-6,8-9,11-12H2. The van der Waals surface area contributed by atoms with Gasteiger partial charge in [-0.2, -0.15) is 4.98 Å². The highest BCUT2D eigenvalue weighted by molar-refractivity contribution is 7.20. The second-order valence-corrected chi connectivity index (χ2v) is 8.94. The fourth-order valence-corrected chi connectivity index (χ4v) is 5.39. The van der Waals surface area contributed by atoms with Gasteiger partial charge in [-0.15, -0.1) is 0 Å². The van der Waals surface area contributed by atoms with E-state index in [2.05, 4.69) is 26.3 Å². The molecule has 0 amide bonds. The van der Waals surface area contributed by atoms with Crippen LogP contribution in [-0.4, -0.2) is 40.5 Å². The Kier molecular flexibility index (Phi) is 4.25. The van der Waals surface area contributed by atoms with Crippen LogP contribution in [0.15, 0.2) is 47.2 Å². The molecule has 3 aliphatic rings. The maximum atomic E-state index is 5.96. The number of rotatable bonds is 5. The molecule has 148 valence electrons. The molecule has 3 fully saturated rings. The van der Waals surface area contributed by atoms with Crippen molar-refractivity contribution in [2.24, 2.45) is 5.92 Å². The first kappa shape index (κ1) is 17.4. The summed E-state index contributed by atoms with van der Waals surface area (Å²) in [5.41, 5.74) is 2.76. The van der Waals surface area contributed by atoms with Gasteiger partial charge >= 0.3 is 0 Å². The molecule has 3 saturated heterocycles. The number of nitrogens with zero attached hydrogens (tertiary/aromatic N) is 3. The van der Waals surface area contributed by atoms with Crippen LogP contribution in [0.5, 0.6) is 10.9 Å². The van der Waals surface area contributed by atoms with Gasteiger partial charge in [-0.25, -0.2) is 4.98 Å². The smallest absolute Gasteiger partial charge is 0.281 e. The van der Waals surface area contributed by atoms with Gasteiger partial charge in [0.25, 0.3) is 5.19 Å². The van der Waals surface area contributed by atoms with Crippen molar-refractivity contribution >= 4 is 32.7 Å². The van der Waals surface area contributed by atoms with Crippen molar-refractivity contribution in [2.45, 2.75) is 25.4 Å². The number of piperidine rings is 3. The number of nitrogens with one attached hydrogen (secondary N) is 1. The first-order valence-electron chi connectivity index (χ1n) is 10.2. The number of aromatic nitrogens is 2. The second kappa shape index (κ2) is 7.09. The SMILES string of the molecule is c1cnc2nc(Oc3ccc4c(CNC5CN6CCC5CC6)coc4c3)sc2c1. The van der Waals surface area contributed by atoms with E-state index in [0.29, 0.717) is 16.9 Å². The number of hydrogen-bond acceptors (Lipinski definition) is 7. The Labute approximate surface area is 172 Å². The summed E-state index contributed by atoms with van der Waals surface area (Å²) in [6, 6.07) is 10.5. The predicted octanol–water partition coefficient (Wildman–Crippen LogP) is 4.41. The number of hydrogen-bond donors (Lipinski definition) is 1. The highest BCUT2D eigenvalue weighted by Gasteiger charge is 2.33. The molecule has 1 aromatic carbocycles. The number of fused-ring (bicyclic) bond motifs is 5. The average molecular weight is 407 g/mol. The molecule has 0 aliphatic carbocycles. The quantitative estimate of drug-likeness (QED) is 0.530. The Hall–Kier alpha value is -2.48. The lowest BCUT2D eigenvalue weighted by Gasteiger charge is -2.45. The Balaban J connectivity index is 1.18. The molecule has 0 saturated carbocycles. The van der Waals surface area contributed by atoms with Gasteiger partial charge in [0.15, 0.2) is 5.65 Å². The molecule has 6 nitrogen and oxygen atoms in total. The van der Waals surface area contributed by atoms with E-state index in [-0.39, 0.29) is 0 Å². The van der Waals surface area contributed by atoms with Crippen molar-refractivity contribution in [1.82, 2.24) is 20.2 Å². The number of pyridine rings is 1. The number of ether oxygens (including phenoxy) is 1. The zero-order valence-electron chi connectivity index (χ0n) is 16.0. The number of benzene rings is 1. The lowest BCUT2D eigenvalue weighted by Crippen LogP contribution is -2.55. The van der Waals surface area contributed by atoms with Crippen LogP contribution >= 0.6 is 11.3 Å². The highest BCUT2D eigenvalue weighted by Crippen LogP contribution is 2.33. The summed E-state index contributed by atoms with van der Waals surface area (Å²) < 4.78 is 12.8. The minimum Gasteiger partial charge on any atom is -0.464 e. The van der Waals surface area contributed by atoms with Crippen molar-refractivity contribution < 1.29 is 9.15 Å². The topological polar surface area (TPSA) is 63.4 Å². The van der Waals surface area contributed by atoms with Crippen LogP contribution in [0.4, 0.5) is 0 Å². The van der Waals surface area contributed by atoms with Gasteiger partial charge in [-0.1, -0.05) is 11.3 Å². The van der Waals surface area contributed by atoms with E-state index in [1.165, 1.54) is 49.4 Å². The van der Waals surface area contributed by atoms with Crippen molar-refractivity contribution in [3.63, 3.8) is 0 Å². The van der Waals surface area contributed by atoms with Gasteiger partial charge in [0.05, 0.1) is 11.0 Å². The third-order valence-corrected chi connectivity index (χ3v) is 7.08. The first-order chi connectivity index (χ1) is 14.3. The maximum Gasteiger partial charge on any atom is 0.281 e. The molecular weight excluding hydrogens is 384 g/mol. The summed E-state index contributed by atoms with van der Waals surface area (Å²) in [5, 5.41) is 5.50. The Morgan fingerprint density at radius 3 is 3.00 bits per heavy atom. The van der Waals surface area contributed by atoms with Crippen LogP contribution in [-0.2, 0) is 6.54 Å². The Morgan fingerprint density at radius 2 is 2.17 bits per heavy atom. The Bertz CT molecular complexity index is 1130. The van der Waals surface area contributed by atoms with E-state index in [1.807, 2.05) is 30.5 Å². The number of furan rings is 1. The molecule has 3 aliphatic heterocycles. The van der Waals surface area contributed by atoms with E-state index < -0.39 is 0 Å². The predicted molar refractivity (Wildman–Crippen MR) is 113 cm³/mol. The van der Waals surface area contributed by atoms with Crippen LogP contribution in [0.3, 0.4) is 0 Å². The highest BCUT2D eigenvalue weighted by atomic mass is 32.1. The fourth-order valence-electron chi connectivity index (χ4n) is 4.59. The first-order valence-corrected chi connectivity index (χ1v) is 11.0. The fraction of sp³-hybridized carbons (Fsp3) is 0.364. The van der Waals surface area contributed by atoms with Crippen LogP contribution < -0.4 is 10.1 Å². The summed E-state index contributed by atoms with van der Waals surface area (Å²) in [5.74, 6) is 1.55. The minimum atomic E-state index is 0.592. The summed E-state index contributed by atoms with van der Waals surface area (Å²) in [6.07, 6.45) is 6.26. The molecule has 6 heterocycles. The molecule has 0 radical (unpaired) electrons. The van der Waals surface area contributed by atoms with E-state index in [0.717, 1.165) is 33.9 Å². The molecule has 3 aromatic heterocycles. The molecule has 4 aromatic rings. The van der Waals surface area contributed by atoms with Crippen molar-refractivity contribution in [3.8, 4) is 10.9 Å². The van der Waals surface area contributed by atoms with Crippen LogP contribution in [0.2, 0.25) is 0 Å². The molecule has 1 unspecified atom stereocenters. The van der Waals surface area contributed by atoms with E-state index in [1.54, 1.807) is 6.20 Å². The normalized spacial score (nSPS) is 23.8. The molecule has 29 heavy (non-hydrogen) atoms. The molecular formula is C22H22N4O2S. The van der Waals surface area contributed by atoms with Crippen LogP contribution in [0.25, 0.3) is 21.3 Å². The summed E-state index contributed by atoms with van der Waals surface area (Å²) in [6.45, 7) is 4.55. The largest absolute Gasteiger partial charge is 0.464 e. The van der Waals surface area contributed by atoms with Crippen molar-refractivity contribution in [1.29, 1.82) is 0 Å². The zero-order valence-corrected chi connectivity index (χ0v) is 16.8. The summed E-state index contributed by atoms with van der Waals surface area (Å²) in [4.78, 5) is 11.3. The minimum absolute atomic E-state index is 0.592. The zero-order chi connectivity index (χ0) is 19.2. The van der Waals surface area contributed by atoms with E-state index in [4.69, 9.17) is 9.15 Å². The van der Waals surface area contributed by atoms with E-state index >= 15 is 0 Å². The maximum absolute atomic E-state index is 5.96. The van der Waals surface area contributed by atoms with Gasteiger partial charge in [0.1, 0.15) is 11.3 Å². The Morgan fingerprint density at radius 1 is 1.24 bits per heavy atom. The van der Waals surface area contributed by atoms with Crippen LogP contribution in [0, 0.1) is 5.92 Å². The average Bonchev–Trinajstić information content (AvgIpc) is 3.36. The lowest BCUT2D eigenvalue weighted by atomic mass is 9.84. The van der Waals surface area contributed by atoms with Crippen LogP contribution in [0.1, 0.15) is 18.4 Å². The lowest BCUT2D eigenvalue weighted by molar-refractivity contribution is 0.0720. The van der Waals surface area contributed by atoms with Gasteiger partial charge < -0.3 is 19.4 Å². The van der Waals surface area contributed by atoms with Gasteiger partial charge in [0, 0.05) is 42.3 Å². The second-order valence-electron chi connectivity index (χ2n) is 7.95.